The van der Waals surface area contributed by atoms with Crippen molar-refractivity contribution in [3.8, 4) is 11.5 Å². The fraction of sp³-hybridized carbons (Fsp3) is 0.708. The summed E-state index contributed by atoms with van der Waals surface area (Å²) in [5.41, 5.74) is 0. The van der Waals surface area contributed by atoms with Gasteiger partial charge in [0.1, 0.15) is 11.5 Å². The third-order valence-corrected chi connectivity index (χ3v) is 6.80. The Hall–Kier alpha value is -1.63. The van der Waals surface area contributed by atoms with Gasteiger partial charge in [-0.05, 0) is 81.5 Å². The largest absolute Gasteiger partial charge is 0.494 e. The number of carbonyl (C=O) groups excluding carboxylic acids is 1. The monoisotopic (exact) mass is 416 g/mol. The van der Waals surface area contributed by atoms with E-state index >= 15 is 0 Å². The molecule has 6 atom stereocenters. The normalized spacial score (nSPS) is 33.9. The molecule has 2 saturated heterocycles. The quantitative estimate of drug-likeness (QED) is 0.249. The van der Waals surface area contributed by atoms with E-state index in [4.69, 9.17) is 23.7 Å². The van der Waals surface area contributed by atoms with Crippen LogP contribution in [-0.2, 0) is 19.0 Å². The van der Waals surface area contributed by atoms with Crippen LogP contribution >= 0.6 is 0 Å². The molecular formula is C24H32O6. The molecule has 6 unspecified atom stereocenters. The number of ether oxygens (including phenoxy) is 5. The van der Waals surface area contributed by atoms with Crippen LogP contribution < -0.4 is 9.47 Å². The number of esters is 1. The SMILES string of the molecule is O=C(Oc1ccc(OCCCCOCC2CCC3OC3C2)cc1)C1CCC2OC2C1. The van der Waals surface area contributed by atoms with Crippen molar-refractivity contribution >= 4 is 5.97 Å². The molecule has 4 fully saturated rings. The van der Waals surface area contributed by atoms with Crippen molar-refractivity contribution in [2.24, 2.45) is 11.8 Å². The van der Waals surface area contributed by atoms with Crippen LogP contribution in [0, 0.1) is 11.8 Å². The van der Waals surface area contributed by atoms with Gasteiger partial charge in [0, 0.05) is 13.2 Å². The summed E-state index contributed by atoms with van der Waals surface area (Å²) in [5.74, 6) is 1.86. The highest BCUT2D eigenvalue weighted by molar-refractivity contribution is 5.75. The molecule has 2 saturated carbocycles. The molecule has 2 aliphatic carbocycles. The van der Waals surface area contributed by atoms with Crippen molar-refractivity contribution < 1.29 is 28.5 Å². The predicted octanol–water partition coefficient (Wildman–Crippen LogP) is 3.90. The van der Waals surface area contributed by atoms with Crippen molar-refractivity contribution in [1.82, 2.24) is 0 Å². The topological polar surface area (TPSA) is 69.8 Å². The van der Waals surface area contributed by atoms with E-state index in [-0.39, 0.29) is 18.0 Å². The molecule has 1 aromatic rings. The first-order valence-electron chi connectivity index (χ1n) is 11.6. The first-order chi connectivity index (χ1) is 14.7. The Morgan fingerprint density at radius 3 is 2.30 bits per heavy atom. The number of carbonyl (C=O) groups is 1. The number of hydrogen-bond acceptors (Lipinski definition) is 6. The fourth-order valence-electron chi connectivity index (χ4n) is 4.81. The molecule has 6 heteroatoms. The average Bonchev–Trinajstić information content (AvgIpc) is 3.67. The van der Waals surface area contributed by atoms with Gasteiger partial charge < -0.3 is 23.7 Å². The van der Waals surface area contributed by atoms with Gasteiger partial charge in [-0.15, -0.1) is 0 Å². The lowest BCUT2D eigenvalue weighted by Crippen LogP contribution is -2.25. The van der Waals surface area contributed by atoms with Crippen molar-refractivity contribution in [3.05, 3.63) is 24.3 Å². The molecule has 164 valence electrons. The Morgan fingerprint density at radius 2 is 1.53 bits per heavy atom. The minimum absolute atomic E-state index is 0.0380. The van der Waals surface area contributed by atoms with Gasteiger partial charge in [-0.1, -0.05) is 0 Å². The minimum atomic E-state index is -0.143. The number of hydrogen-bond donors (Lipinski definition) is 0. The summed E-state index contributed by atoms with van der Waals surface area (Å²) in [7, 11) is 0. The van der Waals surface area contributed by atoms with Crippen molar-refractivity contribution in [2.45, 2.75) is 75.8 Å². The molecule has 5 rings (SSSR count). The maximum absolute atomic E-state index is 12.3. The molecule has 4 aliphatic rings. The minimum Gasteiger partial charge on any atom is -0.494 e. The van der Waals surface area contributed by atoms with Crippen LogP contribution in [0.4, 0.5) is 0 Å². The number of epoxide rings is 2. The fourth-order valence-corrected chi connectivity index (χ4v) is 4.81. The van der Waals surface area contributed by atoms with Gasteiger partial charge in [-0.3, -0.25) is 4.79 Å². The molecule has 1 aromatic carbocycles. The number of fused-ring (bicyclic) bond motifs is 2. The average molecular weight is 417 g/mol. The number of benzene rings is 1. The van der Waals surface area contributed by atoms with Gasteiger partial charge in [0.25, 0.3) is 0 Å². The van der Waals surface area contributed by atoms with Crippen LogP contribution in [0.15, 0.2) is 24.3 Å². The molecule has 2 aliphatic heterocycles. The molecule has 0 N–H and O–H groups in total. The van der Waals surface area contributed by atoms with E-state index in [2.05, 4.69) is 0 Å². The summed E-state index contributed by atoms with van der Waals surface area (Å²) in [6.45, 7) is 2.31. The Morgan fingerprint density at radius 1 is 0.833 bits per heavy atom. The van der Waals surface area contributed by atoms with Crippen LogP contribution in [0.3, 0.4) is 0 Å². The highest BCUT2D eigenvalue weighted by atomic mass is 16.6. The Bertz CT molecular complexity index is 719. The Kier molecular flexibility index (Phi) is 6.25. The molecule has 0 spiro atoms. The molecule has 6 nitrogen and oxygen atoms in total. The van der Waals surface area contributed by atoms with Gasteiger partial charge in [-0.2, -0.15) is 0 Å². The molecule has 0 aromatic heterocycles. The molecular weight excluding hydrogens is 384 g/mol. The molecule has 0 amide bonds. The van der Waals surface area contributed by atoms with Crippen LogP contribution in [0.2, 0.25) is 0 Å². The lowest BCUT2D eigenvalue weighted by molar-refractivity contribution is -0.139. The highest BCUT2D eigenvalue weighted by Gasteiger charge is 2.46. The zero-order chi connectivity index (χ0) is 20.3. The summed E-state index contributed by atoms with van der Waals surface area (Å²) >= 11 is 0. The lowest BCUT2D eigenvalue weighted by Gasteiger charge is -2.18. The van der Waals surface area contributed by atoms with Crippen LogP contribution in [0.1, 0.15) is 51.4 Å². The molecule has 0 radical (unpaired) electrons. The van der Waals surface area contributed by atoms with Crippen molar-refractivity contribution in [1.29, 1.82) is 0 Å². The van der Waals surface area contributed by atoms with E-state index in [0.29, 0.717) is 36.6 Å². The summed E-state index contributed by atoms with van der Waals surface area (Å²) in [4.78, 5) is 12.3. The second-order valence-electron chi connectivity index (χ2n) is 9.14. The van der Waals surface area contributed by atoms with E-state index < -0.39 is 0 Å². The van der Waals surface area contributed by atoms with Crippen molar-refractivity contribution in [2.75, 3.05) is 19.8 Å². The lowest BCUT2D eigenvalue weighted by atomic mass is 9.89. The highest BCUT2D eigenvalue weighted by Crippen LogP contribution is 2.40. The van der Waals surface area contributed by atoms with Gasteiger partial charge in [0.05, 0.1) is 36.9 Å². The van der Waals surface area contributed by atoms with E-state index in [1.165, 1.54) is 19.3 Å². The summed E-state index contributed by atoms with van der Waals surface area (Å²) < 4.78 is 28.2. The zero-order valence-corrected chi connectivity index (χ0v) is 17.5. The predicted molar refractivity (Wildman–Crippen MR) is 110 cm³/mol. The maximum Gasteiger partial charge on any atom is 0.314 e. The first kappa shape index (κ1) is 20.3. The van der Waals surface area contributed by atoms with E-state index in [1.807, 2.05) is 12.1 Å². The van der Waals surface area contributed by atoms with Gasteiger partial charge in [-0.25, -0.2) is 0 Å². The standard InChI is InChI=1S/C24H32O6/c25-24(17-4-10-21-23(14-17)30-21)28-19-7-5-18(6-8-19)27-12-2-1-11-26-15-16-3-9-20-22(13-16)29-20/h5-8,16-17,20-23H,1-4,9-15H2. The summed E-state index contributed by atoms with van der Waals surface area (Å²) in [6.07, 6.45) is 9.99. The van der Waals surface area contributed by atoms with Crippen LogP contribution in [0.25, 0.3) is 0 Å². The second kappa shape index (κ2) is 9.25. The smallest absolute Gasteiger partial charge is 0.314 e. The molecule has 0 bridgehead atoms. The Labute approximate surface area is 178 Å². The van der Waals surface area contributed by atoms with Crippen molar-refractivity contribution in [3.63, 3.8) is 0 Å². The zero-order valence-electron chi connectivity index (χ0n) is 17.5. The van der Waals surface area contributed by atoms with E-state index in [9.17, 15) is 4.79 Å². The number of unbranched alkanes of at least 4 members (excludes halogenated alkanes) is 1. The van der Waals surface area contributed by atoms with E-state index in [1.54, 1.807) is 12.1 Å². The van der Waals surface area contributed by atoms with Crippen LogP contribution in [-0.4, -0.2) is 50.2 Å². The number of rotatable bonds is 10. The maximum atomic E-state index is 12.3. The van der Waals surface area contributed by atoms with Gasteiger partial charge >= 0.3 is 5.97 Å². The third-order valence-electron chi connectivity index (χ3n) is 6.80. The third kappa shape index (κ3) is 5.34. The summed E-state index contributed by atoms with van der Waals surface area (Å²) in [6, 6.07) is 7.31. The van der Waals surface area contributed by atoms with E-state index in [0.717, 1.165) is 51.1 Å². The molecule has 2 heterocycles. The van der Waals surface area contributed by atoms with Crippen LogP contribution in [0.5, 0.6) is 11.5 Å². The first-order valence-corrected chi connectivity index (χ1v) is 11.6. The summed E-state index contributed by atoms with van der Waals surface area (Å²) in [5, 5.41) is 0. The second-order valence-corrected chi connectivity index (χ2v) is 9.14. The van der Waals surface area contributed by atoms with Gasteiger partial charge in [0.2, 0.25) is 0 Å². The Balaban J connectivity index is 0.926. The van der Waals surface area contributed by atoms with Gasteiger partial charge in [0.15, 0.2) is 0 Å². The molecule has 30 heavy (non-hydrogen) atoms.